The number of thioether (sulfide) groups is 1. The Balaban J connectivity index is 1.93. The van der Waals surface area contributed by atoms with Crippen LogP contribution < -0.4 is 4.74 Å². The van der Waals surface area contributed by atoms with Crippen molar-refractivity contribution in [3.63, 3.8) is 0 Å². The molecule has 0 aliphatic rings. The number of fused-ring (bicyclic) bond motifs is 1. The maximum Gasteiger partial charge on any atom is 0.213 e. The van der Waals surface area contributed by atoms with Gasteiger partial charge in [0.15, 0.2) is 0 Å². The quantitative estimate of drug-likeness (QED) is 0.362. The zero-order valence-electron chi connectivity index (χ0n) is 16.4. The van der Waals surface area contributed by atoms with Crippen molar-refractivity contribution in [3.8, 4) is 23.1 Å². The molecule has 0 aliphatic heterocycles. The molecule has 3 heterocycles. The first-order chi connectivity index (χ1) is 13.5. The molecule has 7 nitrogen and oxygen atoms in total. The SMILES string of the molecule is CN=C(C)Sc1cc(-c2ccc(OCCN(C)C)nc2)cn2ncc(C#N)c12. The Hall–Kier alpha value is -2.89. The van der Waals surface area contributed by atoms with Crippen LogP contribution in [-0.4, -0.2) is 58.8 Å². The molecule has 0 N–H and O–H groups in total. The molecule has 0 atom stereocenters. The van der Waals surface area contributed by atoms with Gasteiger partial charge in [0.25, 0.3) is 0 Å². The van der Waals surface area contributed by atoms with Gasteiger partial charge in [-0.1, -0.05) is 11.8 Å². The highest BCUT2D eigenvalue weighted by Crippen LogP contribution is 2.32. The minimum Gasteiger partial charge on any atom is -0.476 e. The molecule has 0 unspecified atom stereocenters. The standard InChI is InChI=1S/C20H22N6OS/c1-14(22-2)28-18-9-16(13-26-20(18)17(10-21)12-24-26)15-5-6-19(23-11-15)27-8-7-25(3)4/h5-6,9,11-13H,7-8H2,1-4H3. The van der Waals surface area contributed by atoms with Gasteiger partial charge < -0.3 is 9.64 Å². The molecule has 0 fully saturated rings. The Morgan fingerprint density at radius 3 is 2.79 bits per heavy atom. The molecule has 0 bridgehead atoms. The molecule has 3 rings (SSSR count). The minimum absolute atomic E-state index is 0.542. The first kappa shape index (κ1) is 19.9. The Kier molecular flexibility index (Phi) is 6.29. The minimum atomic E-state index is 0.542. The largest absolute Gasteiger partial charge is 0.476 e. The van der Waals surface area contributed by atoms with Crippen LogP contribution >= 0.6 is 11.8 Å². The number of ether oxygens (including phenoxy) is 1. The third kappa shape index (κ3) is 4.50. The molecular formula is C20H22N6OS. The van der Waals surface area contributed by atoms with Crippen LogP contribution in [0.4, 0.5) is 0 Å². The van der Waals surface area contributed by atoms with E-state index in [2.05, 4.69) is 26.0 Å². The van der Waals surface area contributed by atoms with E-state index in [1.54, 1.807) is 24.0 Å². The fraction of sp³-hybridized carbons (Fsp3) is 0.300. The van der Waals surface area contributed by atoms with Gasteiger partial charge in [0, 0.05) is 48.1 Å². The van der Waals surface area contributed by atoms with E-state index in [0.717, 1.165) is 33.1 Å². The molecule has 0 saturated heterocycles. The number of pyridine rings is 2. The van der Waals surface area contributed by atoms with Gasteiger partial charge in [0.1, 0.15) is 12.7 Å². The molecule has 0 aromatic carbocycles. The summed E-state index contributed by atoms with van der Waals surface area (Å²) in [5.41, 5.74) is 3.24. The fourth-order valence-electron chi connectivity index (χ4n) is 2.58. The van der Waals surface area contributed by atoms with Gasteiger partial charge in [0.05, 0.1) is 22.3 Å². The highest BCUT2D eigenvalue weighted by Gasteiger charge is 2.13. The van der Waals surface area contributed by atoms with Crippen molar-refractivity contribution >= 4 is 22.3 Å². The van der Waals surface area contributed by atoms with Gasteiger partial charge in [-0.3, -0.25) is 4.99 Å². The summed E-state index contributed by atoms with van der Waals surface area (Å²) in [4.78, 5) is 11.6. The molecule has 0 saturated carbocycles. The normalized spacial score (nSPS) is 11.8. The lowest BCUT2D eigenvalue weighted by Gasteiger charge is -2.11. The lowest BCUT2D eigenvalue weighted by Crippen LogP contribution is -2.19. The number of likely N-dealkylation sites (N-methyl/N-ethyl adjacent to an activating group) is 1. The van der Waals surface area contributed by atoms with Crippen molar-refractivity contribution in [2.75, 3.05) is 34.3 Å². The predicted molar refractivity (Wildman–Crippen MR) is 112 cm³/mol. The van der Waals surface area contributed by atoms with Crippen molar-refractivity contribution in [2.45, 2.75) is 11.8 Å². The number of nitrogens with zero attached hydrogens (tertiary/aromatic N) is 6. The molecule has 3 aromatic heterocycles. The first-order valence-corrected chi connectivity index (χ1v) is 9.60. The van der Waals surface area contributed by atoms with E-state index in [9.17, 15) is 5.26 Å². The van der Waals surface area contributed by atoms with Crippen LogP contribution in [-0.2, 0) is 0 Å². The molecule has 0 amide bonds. The van der Waals surface area contributed by atoms with E-state index >= 15 is 0 Å². The summed E-state index contributed by atoms with van der Waals surface area (Å²) < 4.78 is 7.40. The lowest BCUT2D eigenvalue weighted by molar-refractivity contribution is 0.254. The molecule has 144 valence electrons. The van der Waals surface area contributed by atoms with E-state index in [-0.39, 0.29) is 0 Å². The molecule has 0 radical (unpaired) electrons. The summed E-state index contributed by atoms with van der Waals surface area (Å²) >= 11 is 1.52. The number of hydrogen-bond acceptors (Lipinski definition) is 7. The Bertz CT molecular complexity index is 1030. The lowest BCUT2D eigenvalue weighted by atomic mass is 10.1. The second-order valence-electron chi connectivity index (χ2n) is 6.44. The summed E-state index contributed by atoms with van der Waals surface area (Å²) in [5, 5.41) is 14.6. The number of nitriles is 1. The van der Waals surface area contributed by atoms with E-state index in [4.69, 9.17) is 4.74 Å². The third-order valence-corrected chi connectivity index (χ3v) is 5.14. The molecular weight excluding hydrogens is 372 g/mol. The van der Waals surface area contributed by atoms with E-state index < -0.39 is 0 Å². The van der Waals surface area contributed by atoms with Gasteiger partial charge in [-0.2, -0.15) is 10.4 Å². The summed E-state index contributed by atoms with van der Waals surface area (Å²) in [6.45, 7) is 3.36. The summed E-state index contributed by atoms with van der Waals surface area (Å²) in [6.07, 6.45) is 5.28. The van der Waals surface area contributed by atoms with Crippen LogP contribution in [0.1, 0.15) is 12.5 Å². The number of hydrogen-bond donors (Lipinski definition) is 0. The number of aromatic nitrogens is 3. The summed E-state index contributed by atoms with van der Waals surface area (Å²) in [6, 6.07) is 8.09. The maximum atomic E-state index is 9.39. The number of rotatable bonds is 6. The fourth-order valence-corrected chi connectivity index (χ4v) is 3.47. The third-order valence-electron chi connectivity index (χ3n) is 4.13. The van der Waals surface area contributed by atoms with Gasteiger partial charge >= 0.3 is 0 Å². The summed E-state index contributed by atoms with van der Waals surface area (Å²) in [7, 11) is 5.76. The van der Waals surface area contributed by atoms with Crippen molar-refractivity contribution < 1.29 is 4.74 Å². The van der Waals surface area contributed by atoms with Crippen LogP contribution in [0.3, 0.4) is 0 Å². The van der Waals surface area contributed by atoms with Crippen molar-refractivity contribution in [3.05, 3.63) is 42.4 Å². The van der Waals surface area contributed by atoms with Crippen molar-refractivity contribution in [1.29, 1.82) is 5.26 Å². The van der Waals surface area contributed by atoms with E-state index in [0.29, 0.717) is 18.1 Å². The van der Waals surface area contributed by atoms with Crippen molar-refractivity contribution in [1.82, 2.24) is 19.5 Å². The molecule has 3 aromatic rings. The predicted octanol–water partition coefficient (Wildman–Crippen LogP) is 3.35. The average molecular weight is 395 g/mol. The van der Waals surface area contributed by atoms with Gasteiger partial charge in [-0.25, -0.2) is 9.50 Å². The first-order valence-electron chi connectivity index (χ1n) is 8.78. The molecule has 0 spiro atoms. The van der Waals surface area contributed by atoms with E-state index in [1.807, 2.05) is 45.4 Å². The molecule has 28 heavy (non-hydrogen) atoms. The second kappa shape index (κ2) is 8.87. The summed E-state index contributed by atoms with van der Waals surface area (Å²) in [5.74, 6) is 0.598. The van der Waals surface area contributed by atoms with Crippen molar-refractivity contribution in [2.24, 2.45) is 4.99 Å². The van der Waals surface area contributed by atoms with Crippen LogP contribution in [0.15, 0.2) is 46.7 Å². The van der Waals surface area contributed by atoms with Gasteiger partial charge in [-0.05, 0) is 33.2 Å². The average Bonchev–Trinajstić information content (AvgIpc) is 3.11. The van der Waals surface area contributed by atoms with Gasteiger partial charge in [-0.15, -0.1) is 0 Å². The number of aliphatic imine (C=N–C) groups is 1. The zero-order chi connectivity index (χ0) is 20.1. The second-order valence-corrected chi connectivity index (χ2v) is 7.67. The zero-order valence-corrected chi connectivity index (χ0v) is 17.2. The van der Waals surface area contributed by atoms with Crippen LogP contribution in [0.2, 0.25) is 0 Å². The Morgan fingerprint density at radius 1 is 1.32 bits per heavy atom. The molecule has 8 heteroatoms. The highest BCUT2D eigenvalue weighted by atomic mass is 32.2. The van der Waals surface area contributed by atoms with Crippen LogP contribution in [0, 0.1) is 11.3 Å². The van der Waals surface area contributed by atoms with E-state index in [1.165, 1.54) is 11.8 Å². The van der Waals surface area contributed by atoms with Gasteiger partial charge in [0.2, 0.25) is 5.88 Å². The maximum absolute atomic E-state index is 9.39. The topological polar surface area (TPSA) is 78.8 Å². The Labute approximate surface area is 168 Å². The molecule has 0 aliphatic carbocycles. The monoisotopic (exact) mass is 394 g/mol. The smallest absolute Gasteiger partial charge is 0.213 e. The Morgan fingerprint density at radius 2 is 2.14 bits per heavy atom. The van der Waals surface area contributed by atoms with Crippen LogP contribution in [0.5, 0.6) is 5.88 Å². The van der Waals surface area contributed by atoms with Crippen LogP contribution in [0.25, 0.3) is 16.6 Å². The highest BCUT2D eigenvalue weighted by molar-refractivity contribution is 8.14.